The number of rotatable bonds is 5. The van der Waals surface area contributed by atoms with E-state index >= 15 is 0 Å². The zero-order valence-corrected chi connectivity index (χ0v) is 12.6. The molecule has 0 aliphatic heterocycles. The molecule has 108 valence electrons. The lowest BCUT2D eigenvalue weighted by atomic mass is 10.1. The van der Waals surface area contributed by atoms with Crippen LogP contribution in [0.5, 0.6) is 5.75 Å². The van der Waals surface area contributed by atoms with Gasteiger partial charge in [0.25, 0.3) is 0 Å². The molecular weight excluding hydrogens is 252 g/mol. The maximum atomic E-state index is 5.83. The third-order valence-electron chi connectivity index (χ3n) is 3.11. The Kier molecular flexibility index (Phi) is 4.27. The van der Waals surface area contributed by atoms with E-state index in [1.54, 1.807) is 0 Å². The van der Waals surface area contributed by atoms with Gasteiger partial charge in [-0.05, 0) is 43.0 Å². The molecule has 0 radical (unpaired) electrons. The van der Waals surface area contributed by atoms with E-state index < -0.39 is 0 Å². The molecule has 0 saturated heterocycles. The molecule has 20 heavy (non-hydrogen) atoms. The van der Waals surface area contributed by atoms with Crippen molar-refractivity contribution in [2.24, 2.45) is 0 Å². The molecule has 1 aromatic heterocycles. The minimum Gasteiger partial charge on any atom is -0.492 e. The Morgan fingerprint density at radius 3 is 2.45 bits per heavy atom. The molecule has 5 heteroatoms. The van der Waals surface area contributed by atoms with Crippen molar-refractivity contribution in [3.63, 3.8) is 0 Å². The highest BCUT2D eigenvalue weighted by Crippen LogP contribution is 2.19. The molecule has 0 atom stereocenters. The van der Waals surface area contributed by atoms with Crippen molar-refractivity contribution in [1.29, 1.82) is 0 Å². The number of aryl methyl sites for hydroxylation is 2. The summed E-state index contributed by atoms with van der Waals surface area (Å²) in [6.07, 6.45) is 0. The summed E-state index contributed by atoms with van der Waals surface area (Å²) < 4.78 is 7.61. The summed E-state index contributed by atoms with van der Waals surface area (Å²) in [7, 11) is 0. The van der Waals surface area contributed by atoms with Gasteiger partial charge in [0.1, 0.15) is 12.4 Å². The number of hydrogen-bond donors (Lipinski definition) is 1. The minimum atomic E-state index is 0.297. The molecule has 0 unspecified atom stereocenters. The standard InChI is InChI=1S/C15H22N4O/c1-10(2)14-15(16)17-18-19(14)5-6-20-13-8-11(3)7-12(4)9-13/h7-10H,5-6,16H2,1-4H3. The first kappa shape index (κ1) is 14.4. The highest BCUT2D eigenvalue weighted by atomic mass is 16.5. The summed E-state index contributed by atoms with van der Waals surface area (Å²) in [5.74, 6) is 1.69. The Hall–Kier alpha value is -2.04. The van der Waals surface area contributed by atoms with Crippen LogP contribution in [-0.2, 0) is 6.54 Å². The summed E-state index contributed by atoms with van der Waals surface area (Å²) in [4.78, 5) is 0. The number of nitrogens with zero attached hydrogens (tertiary/aromatic N) is 3. The monoisotopic (exact) mass is 274 g/mol. The number of benzene rings is 1. The summed E-state index contributed by atoms with van der Waals surface area (Å²) >= 11 is 0. The van der Waals surface area contributed by atoms with Gasteiger partial charge in [0.2, 0.25) is 0 Å². The van der Waals surface area contributed by atoms with Gasteiger partial charge in [0, 0.05) is 0 Å². The van der Waals surface area contributed by atoms with Crippen molar-refractivity contribution in [2.45, 2.75) is 40.2 Å². The van der Waals surface area contributed by atoms with Gasteiger partial charge in [-0.3, -0.25) is 0 Å². The zero-order chi connectivity index (χ0) is 14.7. The molecule has 0 aliphatic carbocycles. The second-order valence-electron chi connectivity index (χ2n) is 5.41. The van der Waals surface area contributed by atoms with E-state index in [0.29, 0.717) is 24.9 Å². The van der Waals surface area contributed by atoms with E-state index in [1.165, 1.54) is 11.1 Å². The minimum absolute atomic E-state index is 0.297. The second kappa shape index (κ2) is 5.94. The molecular formula is C15H22N4O. The van der Waals surface area contributed by atoms with Crippen LogP contribution in [0.3, 0.4) is 0 Å². The summed E-state index contributed by atoms with van der Waals surface area (Å²) in [6, 6.07) is 6.19. The van der Waals surface area contributed by atoms with Gasteiger partial charge in [-0.1, -0.05) is 25.1 Å². The van der Waals surface area contributed by atoms with Gasteiger partial charge in [0.15, 0.2) is 5.82 Å². The maximum Gasteiger partial charge on any atom is 0.169 e. The fraction of sp³-hybridized carbons (Fsp3) is 0.467. The number of hydrogen-bond acceptors (Lipinski definition) is 4. The molecule has 0 spiro atoms. The van der Waals surface area contributed by atoms with Gasteiger partial charge >= 0.3 is 0 Å². The van der Waals surface area contributed by atoms with E-state index in [-0.39, 0.29) is 0 Å². The van der Waals surface area contributed by atoms with Crippen molar-refractivity contribution in [3.05, 3.63) is 35.0 Å². The van der Waals surface area contributed by atoms with E-state index in [4.69, 9.17) is 10.5 Å². The summed E-state index contributed by atoms with van der Waals surface area (Å²) in [5.41, 5.74) is 9.20. The van der Waals surface area contributed by atoms with Crippen LogP contribution in [0.15, 0.2) is 18.2 Å². The summed E-state index contributed by atoms with van der Waals surface area (Å²) in [5, 5.41) is 7.99. The predicted molar refractivity (Wildman–Crippen MR) is 79.9 cm³/mol. The Morgan fingerprint density at radius 1 is 1.20 bits per heavy atom. The largest absolute Gasteiger partial charge is 0.492 e. The van der Waals surface area contributed by atoms with Crippen LogP contribution in [0.4, 0.5) is 5.82 Å². The van der Waals surface area contributed by atoms with Gasteiger partial charge in [-0.15, -0.1) is 5.10 Å². The van der Waals surface area contributed by atoms with Gasteiger partial charge in [-0.25, -0.2) is 4.68 Å². The highest BCUT2D eigenvalue weighted by Gasteiger charge is 2.13. The lowest BCUT2D eigenvalue weighted by Crippen LogP contribution is -2.13. The molecule has 0 amide bonds. The van der Waals surface area contributed by atoms with Crippen molar-refractivity contribution in [1.82, 2.24) is 15.0 Å². The first-order valence-electron chi connectivity index (χ1n) is 6.87. The van der Waals surface area contributed by atoms with Crippen LogP contribution in [-0.4, -0.2) is 21.6 Å². The number of anilines is 1. The van der Waals surface area contributed by atoms with Crippen molar-refractivity contribution >= 4 is 5.82 Å². The van der Waals surface area contributed by atoms with E-state index in [0.717, 1.165) is 11.4 Å². The predicted octanol–water partition coefficient (Wildman–Crippen LogP) is 2.68. The van der Waals surface area contributed by atoms with Crippen LogP contribution in [0, 0.1) is 13.8 Å². The quantitative estimate of drug-likeness (QED) is 0.910. The topological polar surface area (TPSA) is 66.0 Å². The molecule has 1 aromatic carbocycles. The van der Waals surface area contributed by atoms with Crippen molar-refractivity contribution in [3.8, 4) is 5.75 Å². The van der Waals surface area contributed by atoms with Crippen LogP contribution in [0.1, 0.15) is 36.6 Å². The lowest BCUT2D eigenvalue weighted by molar-refractivity contribution is 0.286. The van der Waals surface area contributed by atoms with Crippen molar-refractivity contribution < 1.29 is 4.74 Å². The van der Waals surface area contributed by atoms with Gasteiger partial charge in [-0.2, -0.15) is 0 Å². The Bertz CT molecular complexity index is 569. The van der Waals surface area contributed by atoms with Crippen LogP contribution < -0.4 is 10.5 Å². The Labute approximate surface area is 119 Å². The number of ether oxygens (including phenoxy) is 1. The third kappa shape index (κ3) is 3.29. The average Bonchev–Trinajstić information content (AvgIpc) is 2.69. The maximum absolute atomic E-state index is 5.83. The van der Waals surface area contributed by atoms with Crippen molar-refractivity contribution in [2.75, 3.05) is 12.3 Å². The normalized spacial score (nSPS) is 11.1. The molecule has 2 rings (SSSR count). The molecule has 5 nitrogen and oxygen atoms in total. The molecule has 2 aromatic rings. The van der Waals surface area contributed by atoms with Crippen LogP contribution in [0.25, 0.3) is 0 Å². The fourth-order valence-corrected chi connectivity index (χ4v) is 2.36. The van der Waals surface area contributed by atoms with E-state index in [1.807, 2.05) is 16.8 Å². The molecule has 0 fully saturated rings. The zero-order valence-electron chi connectivity index (χ0n) is 12.6. The second-order valence-corrected chi connectivity index (χ2v) is 5.41. The molecule has 0 saturated carbocycles. The smallest absolute Gasteiger partial charge is 0.169 e. The Morgan fingerprint density at radius 2 is 1.85 bits per heavy atom. The van der Waals surface area contributed by atoms with E-state index in [9.17, 15) is 0 Å². The highest BCUT2D eigenvalue weighted by molar-refractivity contribution is 5.35. The molecule has 0 aliphatic rings. The SMILES string of the molecule is Cc1cc(C)cc(OCCn2nnc(N)c2C(C)C)c1. The van der Waals surface area contributed by atoms with Gasteiger partial charge < -0.3 is 10.5 Å². The molecule has 1 heterocycles. The number of nitrogens with two attached hydrogens (primary N) is 1. The first-order chi connectivity index (χ1) is 9.47. The fourth-order valence-electron chi connectivity index (χ4n) is 2.36. The van der Waals surface area contributed by atoms with Crippen LogP contribution in [0.2, 0.25) is 0 Å². The number of aromatic nitrogens is 3. The summed E-state index contributed by atoms with van der Waals surface area (Å²) in [6.45, 7) is 9.48. The van der Waals surface area contributed by atoms with Crippen LogP contribution >= 0.6 is 0 Å². The lowest BCUT2D eigenvalue weighted by Gasteiger charge is -2.11. The Balaban J connectivity index is 1.99. The van der Waals surface area contributed by atoms with Gasteiger partial charge in [0.05, 0.1) is 12.2 Å². The number of nitrogen functional groups attached to an aromatic ring is 1. The molecule has 2 N–H and O–H groups in total. The third-order valence-corrected chi connectivity index (χ3v) is 3.11. The molecule has 0 bridgehead atoms. The first-order valence-corrected chi connectivity index (χ1v) is 6.87. The van der Waals surface area contributed by atoms with E-state index in [2.05, 4.69) is 44.1 Å². The average molecular weight is 274 g/mol.